The highest BCUT2D eigenvalue weighted by molar-refractivity contribution is 5.86. The molecule has 2 N–H and O–H groups in total. The van der Waals surface area contributed by atoms with Crippen LogP contribution in [0.1, 0.15) is 96.2 Å². The van der Waals surface area contributed by atoms with Gasteiger partial charge in [0.05, 0.1) is 11.4 Å². The van der Waals surface area contributed by atoms with Crippen molar-refractivity contribution in [1.82, 2.24) is 14.6 Å². The Morgan fingerprint density at radius 3 is 2.49 bits per heavy atom. The minimum atomic E-state index is 0.0154. The summed E-state index contributed by atoms with van der Waals surface area (Å²) in [7, 11) is 0. The number of hydrogen-bond donors (Lipinski definition) is 2. The van der Waals surface area contributed by atoms with Gasteiger partial charge in [-0.2, -0.15) is 4.52 Å². The van der Waals surface area contributed by atoms with E-state index in [1.165, 1.54) is 5.69 Å². The lowest BCUT2D eigenvalue weighted by Gasteiger charge is -2.22. The molecule has 3 rings (SSSR count). The van der Waals surface area contributed by atoms with Crippen molar-refractivity contribution >= 4 is 28.3 Å². The Bertz CT molecular complexity index is 1240. The van der Waals surface area contributed by atoms with E-state index in [1.807, 2.05) is 6.92 Å². The smallest absolute Gasteiger partial charge is 0.276 e. The van der Waals surface area contributed by atoms with Crippen LogP contribution in [0.2, 0.25) is 0 Å². The number of aromatic nitrogens is 3. The molecule has 0 fully saturated rings. The van der Waals surface area contributed by atoms with Gasteiger partial charge in [0.15, 0.2) is 5.65 Å². The molecule has 6 nitrogen and oxygen atoms in total. The molecule has 2 aromatic heterocycles. The molecule has 0 spiro atoms. The fourth-order valence-corrected chi connectivity index (χ4v) is 4.64. The zero-order chi connectivity index (χ0) is 25.7. The van der Waals surface area contributed by atoms with Crippen molar-refractivity contribution in [3.63, 3.8) is 0 Å². The van der Waals surface area contributed by atoms with E-state index in [9.17, 15) is 4.79 Å². The summed E-state index contributed by atoms with van der Waals surface area (Å²) in [6.45, 7) is 18.9. The molecule has 0 saturated carbocycles. The molecule has 0 aliphatic carbocycles. The third-order valence-electron chi connectivity index (χ3n) is 6.91. The Morgan fingerprint density at radius 2 is 1.91 bits per heavy atom. The van der Waals surface area contributed by atoms with Gasteiger partial charge in [-0.15, -0.1) is 0 Å². The minimum absolute atomic E-state index is 0.0154. The summed E-state index contributed by atoms with van der Waals surface area (Å²) in [4.78, 5) is 21.1. The minimum Gasteiger partial charge on any atom is -0.372 e. The average molecular weight is 478 g/mol. The number of rotatable bonds is 11. The fourth-order valence-electron chi connectivity index (χ4n) is 4.64. The molecule has 0 atom stereocenters. The first-order chi connectivity index (χ1) is 16.8. The first kappa shape index (κ1) is 26.6. The van der Waals surface area contributed by atoms with Crippen LogP contribution in [0.15, 0.2) is 29.1 Å². The molecule has 0 unspecified atom stereocenters. The van der Waals surface area contributed by atoms with Gasteiger partial charge in [-0.25, -0.2) is 4.98 Å². The second-order valence-electron chi connectivity index (χ2n) is 9.68. The largest absolute Gasteiger partial charge is 0.372 e. The Hall–Kier alpha value is -3.02. The normalized spacial score (nSPS) is 12.1. The van der Waals surface area contributed by atoms with Crippen molar-refractivity contribution in [3.05, 3.63) is 57.1 Å². The SMILES string of the molecule is CC=C(C)c1[nH]n2c(=O)c(CCCCC)c(C(C)C)nc2c1Nc1ccc(N(CC)CC)cc1C. The summed E-state index contributed by atoms with van der Waals surface area (Å²) in [5.41, 5.74) is 8.60. The maximum absolute atomic E-state index is 13.7. The van der Waals surface area contributed by atoms with E-state index in [1.54, 1.807) is 4.52 Å². The second-order valence-corrected chi connectivity index (χ2v) is 9.68. The monoisotopic (exact) mass is 477 g/mol. The van der Waals surface area contributed by atoms with Gasteiger partial charge in [-0.1, -0.05) is 39.7 Å². The molecule has 0 bridgehead atoms. The number of nitrogens with one attached hydrogen (secondary N) is 2. The molecule has 35 heavy (non-hydrogen) atoms. The molecular weight excluding hydrogens is 434 g/mol. The number of allylic oxidation sites excluding steroid dienone is 2. The van der Waals surface area contributed by atoms with Crippen LogP contribution in [-0.2, 0) is 6.42 Å². The first-order valence-corrected chi connectivity index (χ1v) is 13.2. The summed E-state index contributed by atoms with van der Waals surface area (Å²) in [6.07, 6.45) is 6.07. The van der Waals surface area contributed by atoms with E-state index in [-0.39, 0.29) is 11.5 Å². The predicted molar refractivity (Wildman–Crippen MR) is 150 cm³/mol. The summed E-state index contributed by atoms with van der Waals surface area (Å²) >= 11 is 0. The number of hydrogen-bond acceptors (Lipinski definition) is 4. The number of aromatic amines is 1. The van der Waals surface area contributed by atoms with Gasteiger partial charge >= 0.3 is 0 Å². The van der Waals surface area contributed by atoms with Crippen molar-refractivity contribution in [1.29, 1.82) is 0 Å². The molecule has 2 heterocycles. The van der Waals surface area contributed by atoms with E-state index in [4.69, 9.17) is 4.98 Å². The van der Waals surface area contributed by atoms with Crippen molar-refractivity contribution in [2.24, 2.45) is 0 Å². The van der Waals surface area contributed by atoms with Gasteiger partial charge in [-0.3, -0.25) is 9.89 Å². The first-order valence-electron chi connectivity index (χ1n) is 13.2. The number of H-pyrrole nitrogens is 1. The van der Waals surface area contributed by atoms with Crippen LogP contribution in [0.25, 0.3) is 11.2 Å². The van der Waals surface area contributed by atoms with Gasteiger partial charge in [0.1, 0.15) is 5.69 Å². The Kier molecular flexibility index (Phi) is 8.82. The zero-order valence-electron chi connectivity index (χ0n) is 22.9. The van der Waals surface area contributed by atoms with Crippen molar-refractivity contribution < 1.29 is 0 Å². The molecule has 0 aliphatic heterocycles. The highest BCUT2D eigenvalue weighted by Gasteiger charge is 2.22. The number of benzene rings is 1. The molecule has 0 saturated heterocycles. The van der Waals surface area contributed by atoms with E-state index in [0.717, 1.165) is 78.2 Å². The molecule has 1 aromatic carbocycles. The summed E-state index contributed by atoms with van der Waals surface area (Å²) < 4.78 is 1.64. The van der Waals surface area contributed by atoms with E-state index in [2.05, 4.69) is 88.1 Å². The Labute approximate surface area is 210 Å². The van der Waals surface area contributed by atoms with Crippen molar-refractivity contribution in [3.8, 4) is 0 Å². The lowest BCUT2D eigenvalue weighted by Crippen LogP contribution is -2.23. The summed E-state index contributed by atoms with van der Waals surface area (Å²) in [6, 6.07) is 6.50. The van der Waals surface area contributed by atoms with Gasteiger partial charge in [-0.05, 0) is 82.7 Å². The highest BCUT2D eigenvalue weighted by atomic mass is 16.1. The molecule has 0 amide bonds. The van der Waals surface area contributed by atoms with Crippen LogP contribution in [0.5, 0.6) is 0 Å². The van der Waals surface area contributed by atoms with Gasteiger partial charge in [0.25, 0.3) is 5.56 Å². The van der Waals surface area contributed by atoms with Gasteiger partial charge in [0.2, 0.25) is 0 Å². The summed E-state index contributed by atoms with van der Waals surface area (Å²) in [5.74, 6) is 0.174. The number of aryl methyl sites for hydroxylation is 1. The second kappa shape index (κ2) is 11.6. The lowest BCUT2D eigenvalue weighted by atomic mass is 10.00. The van der Waals surface area contributed by atoms with E-state index in [0.29, 0.717) is 5.65 Å². The van der Waals surface area contributed by atoms with Crippen LogP contribution < -0.4 is 15.8 Å². The van der Waals surface area contributed by atoms with Gasteiger partial charge in [0, 0.05) is 30.0 Å². The average Bonchev–Trinajstić information content (AvgIpc) is 3.20. The molecule has 190 valence electrons. The van der Waals surface area contributed by atoms with Crippen molar-refractivity contribution in [2.75, 3.05) is 23.3 Å². The van der Waals surface area contributed by atoms with Crippen LogP contribution in [0.3, 0.4) is 0 Å². The zero-order valence-corrected chi connectivity index (χ0v) is 22.9. The quantitative estimate of drug-likeness (QED) is 0.287. The topological polar surface area (TPSA) is 65.4 Å². The fraction of sp³-hybridized carbons (Fsp3) is 0.517. The highest BCUT2D eigenvalue weighted by Crippen LogP contribution is 2.33. The Balaban J connectivity index is 2.18. The van der Waals surface area contributed by atoms with Crippen molar-refractivity contribution in [2.45, 2.75) is 87.0 Å². The maximum atomic E-state index is 13.7. The molecule has 3 aromatic rings. The number of nitrogens with zero attached hydrogens (tertiary/aromatic N) is 3. The van der Waals surface area contributed by atoms with Crippen LogP contribution in [0.4, 0.5) is 17.1 Å². The molecular formula is C29H43N5O. The lowest BCUT2D eigenvalue weighted by molar-refractivity contribution is 0.685. The standard InChI is InChI=1S/C29H43N5O/c1-9-13-14-15-23-25(19(5)6)31-28-27(26(20(7)10-2)32-34(28)29(23)35)30-24-17-16-22(18-21(24)8)33(11-3)12-4/h10,16-19,30,32H,9,11-15H2,1-8H3. The van der Waals surface area contributed by atoms with Crippen LogP contribution in [0, 0.1) is 6.92 Å². The number of unbranched alkanes of at least 4 members (excludes halogenated alkanes) is 2. The Morgan fingerprint density at radius 1 is 1.20 bits per heavy atom. The third-order valence-corrected chi connectivity index (χ3v) is 6.91. The molecule has 0 radical (unpaired) electrons. The van der Waals surface area contributed by atoms with Crippen LogP contribution >= 0.6 is 0 Å². The van der Waals surface area contributed by atoms with E-state index >= 15 is 0 Å². The third kappa shape index (κ3) is 5.47. The maximum Gasteiger partial charge on any atom is 0.276 e. The summed E-state index contributed by atoms with van der Waals surface area (Å²) in [5, 5.41) is 7.00. The predicted octanol–water partition coefficient (Wildman–Crippen LogP) is 7.20. The number of fused-ring (bicyclic) bond motifs is 1. The molecule has 6 heteroatoms. The molecule has 0 aliphatic rings. The number of anilines is 3. The van der Waals surface area contributed by atoms with Crippen LogP contribution in [-0.4, -0.2) is 27.7 Å². The van der Waals surface area contributed by atoms with E-state index < -0.39 is 0 Å². The van der Waals surface area contributed by atoms with Gasteiger partial charge < -0.3 is 10.2 Å².